The molecule has 7 nitrogen and oxygen atoms in total. The molecule has 166 valence electrons. The summed E-state index contributed by atoms with van der Waals surface area (Å²) in [6.07, 6.45) is 2.57. The second-order valence-corrected chi connectivity index (χ2v) is 9.86. The topological polar surface area (TPSA) is 78.6 Å². The highest BCUT2D eigenvalue weighted by atomic mass is 32.2. The molecule has 2 fully saturated rings. The molecule has 3 rings (SSSR count). The minimum atomic E-state index is -0.342. The Labute approximate surface area is 192 Å². The van der Waals surface area contributed by atoms with Crippen molar-refractivity contribution in [2.24, 2.45) is 7.05 Å². The molecule has 0 N–H and O–H groups in total. The quantitative estimate of drug-likeness (QED) is 0.504. The minimum absolute atomic E-state index is 0.00809. The molecule has 2 aliphatic heterocycles. The van der Waals surface area contributed by atoms with E-state index in [-0.39, 0.29) is 35.3 Å². The largest absolute Gasteiger partial charge is 0.372 e. The molecule has 1 aromatic rings. The van der Waals surface area contributed by atoms with Crippen LogP contribution in [0.5, 0.6) is 0 Å². The summed E-state index contributed by atoms with van der Waals surface area (Å²) in [5, 5.41) is 9.62. The Morgan fingerprint density at radius 1 is 1.32 bits per heavy atom. The Morgan fingerprint density at radius 3 is 2.48 bits per heavy atom. The fourth-order valence-corrected chi connectivity index (χ4v) is 5.56. The van der Waals surface area contributed by atoms with Crippen LogP contribution in [0, 0.1) is 18.3 Å². The van der Waals surface area contributed by atoms with Gasteiger partial charge in [-0.25, -0.2) is 0 Å². The van der Waals surface area contributed by atoms with Gasteiger partial charge in [-0.15, -0.1) is 0 Å². The van der Waals surface area contributed by atoms with Crippen molar-refractivity contribution in [3.8, 4) is 6.07 Å². The lowest BCUT2D eigenvalue weighted by molar-refractivity contribution is -0.123. The summed E-state index contributed by atoms with van der Waals surface area (Å²) >= 11 is 6.73. The Hall–Kier alpha value is -2.15. The molecule has 0 spiro atoms. The van der Waals surface area contributed by atoms with E-state index in [1.807, 2.05) is 33.8 Å². The Balaban J connectivity index is 2.20. The number of pyridine rings is 1. The van der Waals surface area contributed by atoms with Crippen LogP contribution in [0.1, 0.15) is 50.8 Å². The number of hydrogen-bond acceptors (Lipinski definition) is 7. The number of ether oxygens (including phenoxy) is 1. The number of nitrogens with zero attached hydrogens (tertiary/aromatic N) is 4. The zero-order chi connectivity index (χ0) is 23.0. The third-order valence-corrected chi connectivity index (χ3v) is 7.15. The van der Waals surface area contributed by atoms with Crippen molar-refractivity contribution in [1.82, 2.24) is 9.47 Å². The molecule has 2 aliphatic rings. The number of carbonyl (C=O) groups is 1. The van der Waals surface area contributed by atoms with E-state index < -0.39 is 0 Å². The molecule has 0 aromatic carbocycles. The molecule has 3 atom stereocenters. The number of carbonyl (C=O) groups excluding carboxylic acids is 1. The predicted molar refractivity (Wildman–Crippen MR) is 128 cm³/mol. The molecular formula is C22H28N4O3S2. The first-order valence-corrected chi connectivity index (χ1v) is 11.6. The van der Waals surface area contributed by atoms with Crippen LogP contribution in [0.25, 0.3) is 6.08 Å². The van der Waals surface area contributed by atoms with Crippen molar-refractivity contribution in [2.45, 2.75) is 59.3 Å². The summed E-state index contributed by atoms with van der Waals surface area (Å²) in [4.78, 5) is 30.3. The van der Waals surface area contributed by atoms with E-state index in [9.17, 15) is 14.9 Å². The number of amides is 1. The van der Waals surface area contributed by atoms with Gasteiger partial charge in [-0.3, -0.25) is 19.1 Å². The minimum Gasteiger partial charge on any atom is -0.372 e. The van der Waals surface area contributed by atoms with E-state index in [2.05, 4.69) is 4.90 Å². The first-order chi connectivity index (χ1) is 14.6. The fourth-order valence-electron chi connectivity index (χ4n) is 4.12. The molecule has 0 aliphatic carbocycles. The molecule has 0 radical (unpaired) electrons. The average Bonchev–Trinajstić information content (AvgIpc) is 2.98. The number of anilines is 1. The van der Waals surface area contributed by atoms with Crippen LogP contribution in [0.15, 0.2) is 9.70 Å². The summed E-state index contributed by atoms with van der Waals surface area (Å²) in [5.41, 5.74) is 1.01. The molecule has 9 heteroatoms. The first-order valence-electron chi connectivity index (χ1n) is 10.4. The van der Waals surface area contributed by atoms with E-state index in [4.69, 9.17) is 17.0 Å². The maximum atomic E-state index is 13.1. The number of morpholine rings is 1. The van der Waals surface area contributed by atoms with Crippen molar-refractivity contribution < 1.29 is 9.53 Å². The summed E-state index contributed by atoms with van der Waals surface area (Å²) in [5.74, 6) is 0.558. The highest BCUT2D eigenvalue weighted by molar-refractivity contribution is 8.26. The summed E-state index contributed by atoms with van der Waals surface area (Å²) in [6, 6.07) is 2.05. The van der Waals surface area contributed by atoms with Crippen LogP contribution in [0.4, 0.5) is 5.82 Å². The van der Waals surface area contributed by atoms with Crippen molar-refractivity contribution >= 4 is 46.1 Å². The number of aromatic nitrogens is 1. The van der Waals surface area contributed by atoms with Gasteiger partial charge in [0.25, 0.3) is 11.5 Å². The van der Waals surface area contributed by atoms with Gasteiger partial charge in [0.15, 0.2) is 0 Å². The van der Waals surface area contributed by atoms with Gasteiger partial charge in [0.2, 0.25) is 0 Å². The molecule has 1 aromatic heterocycles. The van der Waals surface area contributed by atoms with Crippen molar-refractivity contribution in [2.75, 3.05) is 18.0 Å². The number of nitriles is 1. The van der Waals surface area contributed by atoms with Crippen LogP contribution < -0.4 is 10.5 Å². The van der Waals surface area contributed by atoms with Gasteiger partial charge >= 0.3 is 0 Å². The smallest absolute Gasteiger partial charge is 0.270 e. The molecule has 3 heterocycles. The van der Waals surface area contributed by atoms with Crippen molar-refractivity contribution in [3.05, 3.63) is 31.9 Å². The molecular weight excluding hydrogens is 432 g/mol. The highest BCUT2D eigenvalue weighted by Gasteiger charge is 2.36. The van der Waals surface area contributed by atoms with E-state index >= 15 is 0 Å². The van der Waals surface area contributed by atoms with Crippen molar-refractivity contribution in [3.63, 3.8) is 0 Å². The first kappa shape index (κ1) is 23.5. The van der Waals surface area contributed by atoms with Crippen LogP contribution >= 0.6 is 24.0 Å². The van der Waals surface area contributed by atoms with Gasteiger partial charge in [0.1, 0.15) is 21.8 Å². The number of hydrogen-bond donors (Lipinski definition) is 0. The van der Waals surface area contributed by atoms with Gasteiger partial charge in [0, 0.05) is 31.7 Å². The normalized spacial score (nSPS) is 24.1. The highest BCUT2D eigenvalue weighted by Crippen LogP contribution is 2.37. The number of thioether (sulfide) groups is 1. The number of rotatable bonds is 4. The monoisotopic (exact) mass is 460 g/mol. The lowest BCUT2D eigenvalue weighted by Crippen LogP contribution is -2.47. The van der Waals surface area contributed by atoms with Crippen LogP contribution in [0.2, 0.25) is 0 Å². The van der Waals surface area contributed by atoms with Crippen LogP contribution in [-0.4, -0.2) is 51.0 Å². The zero-order valence-corrected chi connectivity index (χ0v) is 20.4. The zero-order valence-electron chi connectivity index (χ0n) is 18.8. The Kier molecular flexibility index (Phi) is 6.94. The molecule has 0 saturated carbocycles. The average molecular weight is 461 g/mol. The lowest BCUT2D eigenvalue weighted by Gasteiger charge is -2.38. The summed E-state index contributed by atoms with van der Waals surface area (Å²) < 4.78 is 7.90. The summed E-state index contributed by atoms with van der Waals surface area (Å²) in [6.45, 7) is 11.0. The standard InChI is InChI=1S/C22H28N4O3S2/c1-7-12(2)26-21(28)18(31-22(26)30)8-16-15(5)17(9-23)20(27)24(6)19(16)25-10-13(3)29-14(4)11-25/h8,12-14H,7,10-11H2,1-6H3/b18-8-. The van der Waals surface area contributed by atoms with E-state index in [1.165, 1.54) is 16.3 Å². The Morgan fingerprint density at radius 2 is 1.94 bits per heavy atom. The maximum absolute atomic E-state index is 13.1. The predicted octanol–water partition coefficient (Wildman–Crippen LogP) is 3.18. The second kappa shape index (κ2) is 9.15. The second-order valence-electron chi connectivity index (χ2n) is 8.18. The third kappa shape index (κ3) is 4.29. The molecule has 1 amide bonds. The molecule has 31 heavy (non-hydrogen) atoms. The van der Waals surface area contributed by atoms with E-state index in [0.29, 0.717) is 39.3 Å². The lowest BCUT2D eigenvalue weighted by atomic mass is 10.0. The summed E-state index contributed by atoms with van der Waals surface area (Å²) in [7, 11) is 1.67. The van der Waals surface area contributed by atoms with Crippen LogP contribution in [-0.2, 0) is 16.6 Å². The number of thiocarbonyl (C=S) groups is 1. The fraction of sp³-hybridized carbons (Fsp3) is 0.545. The maximum Gasteiger partial charge on any atom is 0.270 e. The molecule has 0 bridgehead atoms. The van der Waals surface area contributed by atoms with Gasteiger partial charge < -0.3 is 9.64 Å². The van der Waals surface area contributed by atoms with Gasteiger partial charge in [-0.2, -0.15) is 5.26 Å². The SMILES string of the molecule is CCC(C)N1C(=O)/C(=C/c2c(C)c(C#N)c(=O)n(C)c2N2CC(C)OC(C)C2)SC1=S. The van der Waals surface area contributed by atoms with Crippen molar-refractivity contribution in [1.29, 1.82) is 5.26 Å². The van der Waals surface area contributed by atoms with E-state index in [1.54, 1.807) is 24.9 Å². The van der Waals surface area contributed by atoms with Crippen LogP contribution in [0.3, 0.4) is 0 Å². The van der Waals surface area contributed by atoms with Gasteiger partial charge in [0.05, 0.1) is 17.1 Å². The molecule has 2 saturated heterocycles. The Bertz CT molecular complexity index is 1050. The van der Waals surface area contributed by atoms with Gasteiger partial charge in [-0.05, 0) is 45.8 Å². The van der Waals surface area contributed by atoms with E-state index in [0.717, 1.165) is 6.42 Å². The third-order valence-electron chi connectivity index (χ3n) is 5.82. The molecule has 3 unspecified atom stereocenters. The van der Waals surface area contributed by atoms with Gasteiger partial charge in [-0.1, -0.05) is 30.9 Å².